The number of nitrogens with zero attached hydrogens (tertiary/aromatic N) is 1. The number of ketones is 1. The van der Waals surface area contributed by atoms with E-state index < -0.39 is 23.7 Å². The minimum Gasteiger partial charge on any atom is -0.507 e. The molecule has 34 heavy (non-hydrogen) atoms. The van der Waals surface area contributed by atoms with E-state index >= 15 is 0 Å². The fourth-order valence-corrected chi connectivity index (χ4v) is 4.01. The van der Waals surface area contributed by atoms with E-state index in [1.807, 2.05) is 27.7 Å². The second-order valence-corrected chi connectivity index (χ2v) is 8.66. The van der Waals surface area contributed by atoms with E-state index in [9.17, 15) is 19.5 Å². The molecular formula is C27H31NO6. The van der Waals surface area contributed by atoms with Crippen LogP contribution in [0.15, 0.2) is 48.0 Å². The zero-order valence-electron chi connectivity index (χ0n) is 20.3. The van der Waals surface area contributed by atoms with Crippen LogP contribution in [0.3, 0.4) is 0 Å². The maximum atomic E-state index is 13.1. The van der Waals surface area contributed by atoms with Crippen molar-refractivity contribution < 1.29 is 29.0 Å². The molecule has 0 radical (unpaired) electrons. The lowest BCUT2D eigenvalue weighted by Crippen LogP contribution is -2.30. The molecule has 1 unspecified atom stereocenters. The summed E-state index contributed by atoms with van der Waals surface area (Å²) < 4.78 is 10.9. The molecule has 180 valence electrons. The van der Waals surface area contributed by atoms with Gasteiger partial charge in [-0.3, -0.25) is 14.4 Å². The summed E-state index contributed by atoms with van der Waals surface area (Å²) in [5, 5.41) is 11.2. The number of hydrogen-bond acceptors (Lipinski definition) is 6. The molecule has 1 aliphatic heterocycles. The van der Waals surface area contributed by atoms with Gasteiger partial charge in [0.1, 0.15) is 17.3 Å². The number of carbonyl (C=O) groups is 3. The van der Waals surface area contributed by atoms with Crippen molar-refractivity contribution >= 4 is 23.4 Å². The van der Waals surface area contributed by atoms with Crippen molar-refractivity contribution in [2.75, 3.05) is 6.54 Å². The van der Waals surface area contributed by atoms with Gasteiger partial charge in [-0.15, -0.1) is 0 Å². The predicted octanol–water partition coefficient (Wildman–Crippen LogP) is 4.93. The molecule has 2 aromatic rings. The van der Waals surface area contributed by atoms with Crippen LogP contribution in [0.5, 0.6) is 11.5 Å². The third-order valence-corrected chi connectivity index (χ3v) is 5.56. The Bertz CT molecular complexity index is 1120. The Labute approximate surface area is 200 Å². The molecule has 0 saturated carbocycles. The molecule has 7 heteroatoms. The normalized spacial score (nSPS) is 17.4. The van der Waals surface area contributed by atoms with Crippen molar-refractivity contribution in [1.29, 1.82) is 0 Å². The molecule has 3 rings (SSSR count). The van der Waals surface area contributed by atoms with E-state index in [1.54, 1.807) is 42.5 Å². The predicted molar refractivity (Wildman–Crippen MR) is 129 cm³/mol. The number of unbranched alkanes of at least 4 members (excludes halogenated alkanes) is 1. The number of likely N-dealkylation sites (tertiary alicyclic amines) is 1. The van der Waals surface area contributed by atoms with E-state index in [2.05, 4.69) is 0 Å². The van der Waals surface area contributed by atoms with E-state index in [1.165, 1.54) is 11.8 Å². The Morgan fingerprint density at radius 3 is 2.35 bits per heavy atom. The number of rotatable bonds is 8. The molecule has 0 aliphatic carbocycles. The Kier molecular flexibility index (Phi) is 7.76. The Balaban J connectivity index is 2.09. The van der Waals surface area contributed by atoms with Gasteiger partial charge in [0, 0.05) is 19.0 Å². The van der Waals surface area contributed by atoms with Gasteiger partial charge >= 0.3 is 5.97 Å². The van der Waals surface area contributed by atoms with E-state index in [0.29, 0.717) is 29.2 Å². The minimum atomic E-state index is -0.746. The second kappa shape index (κ2) is 10.5. The maximum Gasteiger partial charge on any atom is 0.308 e. The number of aliphatic hydroxyl groups is 1. The van der Waals surface area contributed by atoms with Crippen LogP contribution in [0, 0.1) is 6.92 Å². The third-order valence-electron chi connectivity index (χ3n) is 5.56. The van der Waals surface area contributed by atoms with Gasteiger partial charge in [0.25, 0.3) is 11.7 Å². The summed E-state index contributed by atoms with van der Waals surface area (Å²) in [5.41, 5.74) is 1.92. The van der Waals surface area contributed by atoms with Gasteiger partial charge in [-0.05, 0) is 68.7 Å². The van der Waals surface area contributed by atoms with Gasteiger partial charge in [0.15, 0.2) is 0 Å². The van der Waals surface area contributed by atoms with Crippen molar-refractivity contribution in [3.63, 3.8) is 0 Å². The molecule has 0 bridgehead atoms. The summed E-state index contributed by atoms with van der Waals surface area (Å²) in [4.78, 5) is 38.8. The van der Waals surface area contributed by atoms with Gasteiger partial charge in [0.05, 0.1) is 17.7 Å². The average molecular weight is 466 g/mol. The summed E-state index contributed by atoms with van der Waals surface area (Å²) in [6, 6.07) is 11.0. The first-order chi connectivity index (χ1) is 16.1. The number of ether oxygens (including phenoxy) is 2. The molecule has 1 heterocycles. The van der Waals surface area contributed by atoms with E-state index in [-0.39, 0.29) is 17.4 Å². The highest BCUT2D eigenvalue weighted by atomic mass is 16.5. The first-order valence-corrected chi connectivity index (χ1v) is 11.5. The number of aliphatic hydroxyl groups excluding tert-OH is 1. The van der Waals surface area contributed by atoms with Gasteiger partial charge < -0.3 is 19.5 Å². The maximum absolute atomic E-state index is 13.1. The fraction of sp³-hybridized carbons (Fsp3) is 0.370. The van der Waals surface area contributed by atoms with Crippen LogP contribution >= 0.6 is 0 Å². The highest BCUT2D eigenvalue weighted by molar-refractivity contribution is 6.46. The lowest BCUT2D eigenvalue weighted by Gasteiger charge is -2.25. The van der Waals surface area contributed by atoms with Crippen molar-refractivity contribution in [2.24, 2.45) is 0 Å². The Morgan fingerprint density at radius 2 is 1.79 bits per heavy atom. The molecule has 1 amide bonds. The number of benzene rings is 2. The molecule has 1 atom stereocenters. The fourth-order valence-electron chi connectivity index (χ4n) is 4.01. The van der Waals surface area contributed by atoms with Gasteiger partial charge in [0.2, 0.25) is 0 Å². The van der Waals surface area contributed by atoms with Crippen LogP contribution < -0.4 is 9.47 Å². The average Bonchev–Trinajstić information content (AvgIpc) is 3.03. The van der Waals surface area contributed by atoms with Crippen LogP contribution in [-0.4, -0.2) is 40.3 Å². The monoisotopic (exact) mass is 465 g/mol. The first-order valence-electron chi connectivity index (χ1n) is 11.5. The summed E-state index contributed by atoms with van der Waals surface area (Å²) in [7, 11) is 0. The summed E-state index contributed by atoms with van der Waals surface area (Å²) in [5.74, 6) is -0.985. The lowest BCUT2D eigenvalue weighted by atomic mass is 9.94. The van der Waals surface area contributed by atoms with Gasteiger partial charge in [-0.25, -0.2) is 0 Å². The highest BCUT2D eigenvalue weighted by Gasteiger charge is 2.45. The number of amides is 1. The smallest absolute Gasteiger partial charge is 0.308 e. The van der Waals surface area contributed by atoms with Crippen LogP contribution in [0.25, 0.3) is 5.76 Å². The van der Waals surface area contributed by atoms with Crippen molar-refractivity contribution in [2.45, 2.75) is 59.6 Å². The van der Waals surface area contributed by atoms with Crippen LogP contribution in [0.4, 0.5) is 0 Å². The number of Topliss-reactive ketones (excluding diaryl/α,β-unsaturated/α-hetero) is 1. The van der Waals surface area contributed by atoms with Crippen LogP contribution in [0.1, 0.15) is 63.3 Å². The number of aryl methyl sites for hydroxylation is 1. The molecular weight excluding hydrogens is 434 g/mol. The molecule has 0 aromatic heterocycles. The van der Waals surface area contributed by atoms with Crippen molar-refractivity contribution in [1.82, 2.24) is 4.90 Å². The quantitative estimate of drug-likeness (QED) is 0.195. The number of carbonyl (C=O) groups excluding carboxylic acids is 3. The molecule has 1 aliphatic rings. The van der Waals surface area contributed by atoms with E-state index in [0.717, 1.165) is 18.4 Å². The lowest BCUT2D eigenvalue weighted by molar-refractivity contribution is -0.139. The molecule has 1 fully saturated rings. The molecule has 7 nitrogen and oxygen atoms in total. The topological polar surface area (TPSA) is 93.1 Å². The summed E-state index contributed by atoms with van der Waals surface area (Å²) in [6.07, 6.45) is 1.56. The SMILES string of the molecule is CCCCN1C(=O)C(=O)/C(=C(\O)c2ccc(OC(C)C)c(C)c2)C1c1ccc(OC(C)=O)cc1. The number of esters is 1. The van der Waals surface area contributed by atoms with E-state index in [4.69, 9.17) is 9.47 Å². The zero-order valence-corrected chi connectivity index (χ0v) is 20.3. The molecule has 1 saturated heterocycles. The Hall–Kier alpha value is -3.61. The summed E-state index contributed by atoms with van der Waals surface area (Å²) >= 11 is 0. The zero-order chi connectivity index (χ0) is 25.0. The molecule has 0 spiro atoms. The van der Waals surface area contributed by atoms with Crippen LogP contribution in [-0.2, 0) is 14.4 Å². The van der Waals surface area contributed by atoms with Crippen LogP contribution in [0.2, 0.25) is 0 Å². The summed E-state index contributed by atoms with van der Waals surface area (Å²) in [6.45, 7) is 9.42. The second-order valence-electron chi connectivity index (χ2n) is 8.66. The molecule has 1 N–H and O–H groups in total. The van der Waals surface area contributed by atoms with Gasteiger partial charge in [-0.2, -0.15) is 0 Å². The number of hydrogen-bond donors (Lipinski definition) is 1. The third kappa shape index (κ3) is 5.30. The highest BCUT2D eigenvalue weighted by Crippen LogP contribution is 2.40. The molecule has 2 aromatic carbocycles. The minimum absolute atomic E-state index is 0.00279. The largest absolute Gasteiger partial charge is 0.507 e. The van der Waals surface area contributed by atoms with Crippen molar-refractivity contribution in [3.05, 3.63) is 64.7 Å². The Morgan fingerprint density at radius 1 is 1.12 bits per heavy atom. The van der Waals surface area contributed by atoms with Crippen molar-refractivity contribution in [3.8, 4) is 11.5 Å². The van der Waals surface area contributed by atoms with Gasteiger partial charge in [-0.1, -0.05) is 25.5 Å². The standard InChI is InChI=1S/C27H31NO6/c1-6-7-14-28-24(19-8-11-21(12-9-19)34-18(5)29)23(26(31)27(28)32)25(30)20-10-13-22(17(4)15-20)33-16(2)3/h8-13,15-16,24,30H,6-7,14H2,1-5H3/b25-23-. The first kappa shape index (κ1) is 25.0.